The Kier molecular flexibility index (Phi) is 3.08. The van der Waals surface area contributed by atoms with Gasteiger partial charge in [-0.05, 0) is 32.0 Å². The zero-order valence-corrected chi connectivity index (χ0v) is 8.73. The van der Waals surface area contributed by atoms with Crippen molar-refractivity contribution in [1.29, 1.82) is 0 Å². The average Bonchev–Trinajstić information content (AvgIpc) is 2.16. The number of alkyl halides is 3. The summed E-state index contributed by atoms with van der Waals surface area (Å²) < 4.78 is 50.5. The highest BCUT2D eigenvalue weighted by Gasteiger charge is 2.33. The number of carbonyl (C=O) groups excluding carboxylic acids is 1. The predicted molar refractivity (Wildman–Crippen MR) is 50.5 cm³/mol. The lowest BCUT2D eigenvalue weighted by atomic mass is 9.85. The van der Waals surface area contributed by atoms with E-state index in [-0.39, 0.29) is 5.56 Å². The van der Waals surface area contributed by atoms with Crippen LogP contribution in [0.1, 0.15) is 25.0 Å². The maximum atomic E-state index is 13.3. The number of benzene rings is 1. The highest BCUT2D eigenvalue weighted by atomic mass is 19.4. The Morgan fingerprint density at radius 3 is 2.19 bits per heavy atom. The summed E-state index contributed by atoms with van der Waals surface area (Å²) in [6, 6.07) is 2.05. The Hall–Kier alpha value is -1.39. The van der Waals surface area contributed by atoms with E-state index in [0.717, 1.165) is 6.07 Å². The van der Waals surface area contributed by atoms with Crippen molar-refractivity contribution in [2.75, 3.05) is 0 Å². The van der Waals surface area contributed by atoms with Gasteiger partial charge in [0.1, 0.15) is 12.1 Å². The second kappa shape index (κ2) is 3.88. The summed E-state index contributed by atoms with van der Waals surface area (Å²) >= 11 is 0. The highest BCUT2D eigenvalue weighted by molar-refractivity contribution is 5.67. The molecule has 5 heteroatoms. The van der Waals surface area contributed by atoms with Crippen LogP contribution in [0, 0.1) is 5.82 Å². The van der Waals surface area contributed by atoms with Gasteiger partial charge >= 0.3 is 6.18 Å². The van der Waals surface area contributed by atoms with Gasteiger partial charge in [-0.25, -0.2) is 4.39 Å². The number of hydrogen-bond acceptors (Lipinski definition) is 1. The molecule has 0 radical (unpaired) electrons. The minimum atomic E-state index is -4.54. The van der Waals surface area contributed by atoms with Gasteiger partial charge in [0.05, 0.1) is 5.56 Å². The molecule has 0 aliphatic rings. The van der Waals surface area contributed by atoms with E-state index < -0.39 is 23.0 Å². The number of hydrogen-bond donors (Lipinski definition) is 0. The van der Waals surface area contributed by atoms with Crippen molar-refractivity contribution in [2.45, 2.75) is 25.4 Å². The summed E-state index contributed by atoms with van der Waals surface area (Å²) in [5.41, 5.74) is -2.48. The zero-order valence-electron chi connectivity index (χ0n) is 8.73. The van der Waals surface area contributed by atoms with Crippen LogP contribution in [0.25, 0.3) is 0 Å². The molecule has 0 aliphatic carbocycles. The van der Waals surface area contributed by atoms with Crippen molar-refractivity contribution in [1.82, 2.24) is 0 Å². The van der Waals surface area contributed by atoms with Crippen LogP contribution in [-0.4, -0.2) is 6.29 Å². The van der Waals surface area contributed by atoms with Crippen LogP contribution in [0.3, 0.4) is 0 Å². The lowest BCUT2D eigenvalue weighted by Gasteiger charge is -2.19. The Morgan fingerprint density at radius 2 is 1.75 bits per heavy atom. The number of carbonyl (C=O) groups is 1. The molecule has 1 nitrogen and oxygen atoms in total. The van der Waals surface area contributed by atoms with Gasteiger partial charge in [-0.2, -0.15) is 13.2 Å². The average molecular weight is 234 g/mol. The zero-order chi connectivity index (χ0) is 12.6. The van der Waals surface area contributed by atoms with Gasteiger partial charge in [0.25, 0.3) is 0 Å². The molecule has 0 atom stereocenters. The first-order chi connectivity index (χ1) is 7.18. The summed E-state index contributed by atoms with van der Waals surface area (Å²) in [5, 5.41) is 0. The van der Waals surface area contributed by atoms with Crippen molar-refractivity contribution in [3.63, 3.8) is 0 Å². The third-order valence-electron chi connectivity index (χ3n) is 2.28. The smallest absolute Gasteiger partial charge is 0.302 e. The standard InChI is InChI=1S/C11H10F4O/c1-10(2,6-16)8-5-7(11(13,14)15)3-4-9(8)12/h3-6H,1-2H3. The van der Waals surface area contributed by atoms with E-state index in [1.165, 1.54) is 13.8 Å². The van der Waals surface area contributed by atoms with Crippen LogP contribution in [-0.2, 0) is 16.4 Å². The highest BCUT2D eigenvalue weighted by Crippen LogP contribution is 2.33. The molecular formula is C11H10F4O. The van der Waals surface area contributed by atoms with Gasteiger partial charge in [0, 0.05) is 11.0 Å². The molecule has 0 amide bonds. The molecular weight excluding hydrogens is 224 g/mol. The van der Waals surface area contributed by atoms with Crippen molar-refractivity contribution >= 4 is 6.29 Å². The van der Waals surface area contributed by atoms with Crippen LogP contribution in [0.15, 0.2) is 18.2 Å². The fraction of sp³-hybridized carbons (Fsp3) is 0.364. The van der Waals surface area contributed by atoms with Gasteiger partial charge < -0.3 is 4.79 Å². The van der Waals surface area contributed by atoms with Gasteiger partial charge in [-0.15, -0.1) is 0 Å². The van der Waals surface area contributed by atoms with E-state index in [1.807, 2.05) is 0 Å². The molecule has 1 aromatic carbocycles. The Labute approximate surface area is 90.1 Å². The molecule has 16 heavy (non-hydrogen) atoms. The largest absolute Gasteiger partial charge is 0.416 e. The third-order valence-corrected chi connectivity index (χ3v) is 2.28. The Bertz CT molecular complexity index is 407. The van der Waals surface area contributed by atoms with Gasteiger partial charge in [0.15, 0.2) is 0 Å². The first-order valence-electron chi connectivity index (χ1n) is 4.52. The number of aldehydes is 1. The van der Waals surface area contributed by atoms with Crippen molar-refractivity contribution in [3.8, 4) is 0 Å². The molecule has 0 saturated heterocycles. The van der Waals surface area contributed by atoms with E-state index >= 15 is 0 Å². The van der Waals surface area contributed by atoms with Crippen LogP contribution < -0.4 is 0 Å². The first kappa shape index (κ1) is 12.7. The van der Waals surface area contributed by atoms with E-state index in [1.54, 1.807) is 0 Å². The van der Waals surface area contributed by atoms with Crippen molar-refractivity contribution < 1.29 is 22.4 Å². The molecule has 88 valence electrons. The maximum absolute atomic E-state index is 13.3. The minimum Gasteiger partial charge on any atom is -0.302 e. The van der Waals surface area contributed by atoms with Gasteiger partial charge in [-0.1, -0.05) is 0 Å². The minimum absolute atomic E-state index is 0.252. The molecule has 1 aromatic rings. The van der Waals surface area contributed by atoms with Crippen LogP contribution in [0.2, 0.25) is 0 Å². The molecule has 1 rings (SSSR count). The maximum Gasteiger partial charge on any atom is 0.416 e. The van der Waals surface area contributed by atoms with Crippen LogP contribution >= 0.6 is 0 Å². The van der Waals surface area contributed by atoms with Crippen molar-refractivity contribution in [3.05, 3.63) is 35.1 Å². The molecule has 0 bridgehead atoms. The fourth-order valence-electron chi connectivity index (χ4n) is 1.26. The summed E-state index contributed by atoms with van der Waals surface area (Å²) in [6.07, 6.45) is -4.12. The lowest BCUT2D eigenvalue weighted by Crippen LogP contribution is -2.21. The Balaban J connectivity index is 3.35. The second-order valence-electron chi connectivity index (χ2n) is 4.03. The predicted octanol–water partition coefficient (Wildman–Crippen LogP) is 3.32. The number of halogens is 4. The summed E-state index contributed by atoms with van der Waals surface area (Å²) in [4.78, 5) is 10.7. The van der Waals surface area contributed by atoms with Gasteiger partial charge in [-0.3, -0.25) is 0 Å². The second-order valence-corrected chi connectivity index (χ2v) is 4.03. The molecule has 0 fully saturated rings. The fourth-order valence-corrected chi connectivity index (χ4v) is 1.26. The normalized spacial score (nSPS) is 12.6. The summed E-state index contributed by atoms with van der Waals surface area (Å²) in [6.45, 7) is 2.72. The summed E-state index contributed by atoms with van der Waals surface area (Å²) in [7, 11) is 0. The molecule has 0 spiro atoms. The molecule has 0 heterocycles. The number of rotatable bonds is 2. The molecule has 0 aromatic heterocycles. The van der Waals surface area contributed by atoms with E-state index in [4.69, 9.17) is 0 Å². The third kappa shape index (κ3) is 2.40. The molecule has 0 saturated carbocycles. The first-order valence-corrected chi connectivity index (χ1v) is 4.52. The van der Waals surface area contributed by atoms with Crippen molar-refractivity contribution in [2.24, 2.45) is 0 Å². The molecule has 0 N–H and O–H groups in total. The van der Waals surface area contributed by atoms with Gasteiger partial charge in [0.2, 0.25) is 0 Å². The quantitative estimate of drug-likeness (QED) is 0.566. The van der Waals surface area contributed by atoms with E-state index in [2.05, 4.69) is 0 Å². The monoisotopic (exact) mass is 234 g/mol. The topological polar surface area (TPSA) is 17.1 Å². The Morgan fingerprint density at radius 1 is 1.19 bits per heavy atom. The van der Waals surface area contributed by atoms with E-state index in [9.17, 15) is 22.4 Å². The van der Waals surface area contributed by atoms with E-state index in [0.29, 0.717) is 18.4 Å². The molecule has 0 aliphatic heterocycles. The SMILES string of the molecule is CC(C)(C=O)c1cc(C(F)(F)F)ccc1F. The summed E-state index contributed by atoms with van der Waals surface area (Å²) in [5.74, 6) is -0.815. The molecule has 0 unspecified atom stereocenters. The van der Waals surface area contributed by atoms with Crippen LogP contribution in [0.4, 0.5) is 17.6 Å². The van der Waals surface area contributed by atoms with Crippen LogP contribution in [0.5, 0.6) is 0 Å². The lowest BCUT2D eigenvalue weighted by molar-refractivity contribution is -0.137.